The maximum absolute atomic E-state index is 12.3. The zero-order valence-corrected chi connectivity index (χ0v) is 13.8. The molecule has 1 aliphatic heterocycles. The first-order valence-electron chi connectivity index (χ1n) is 6.65. The van der Waals surface area contributed by atoms with Gasteiger partial charge in [0.15, 0.2) is 11.5 Å². The Labute approximate surface area is 131 Å². The number of sulfonamides is 1. The zero-order valence-electron chi connectivity index (χ0n) is 12.1. The van der Waals surface area contributed by atoms with Crippen LogP contribution in [0.1, 0.15) is 18.9 Å². The minimum Gasteiger partial charge on any atom is -0.454 e. The molecule has 120 valence electrons. The van der Waals surface area contributed by atoms with Crippen LogP contribution < -0.4 is 19.5 Å². The molecule has 0 atom stereocenters. The molecule has 0 unspecified atom stereocenters. The molecule has 2 N–H and O–H groups in total. The molecular formula is C13H21ClN2O4S. The number of rotatable bonds is 7. The molecule has 0 saturated carbocycles. The Kier molecular flexibility index (Phi) is 6.73. The third-order valence-corrected chi connectivity index (χ3v) is 4.58. The molecule has 0 radical (unpaired) electrons. The van der Waals surface area contributed by atoms with Crippen molar-refractivity contribution in [3.63, 3.8) is 0 Å². The fourth-order valence-corrected chi connectivity index (χ4v) is 3.24. The van der Waals surface area contributed by atoms with Crippen molar-refractivity contribution in [3.8, 4) is 11.5 Å². The Balaban J connectivity index is 0.00000220. The van der Waals surface area contributed by atoms with Crippen molar-refractivity contribution in [2.45, 2.75) is 25.2 Å². The Morgan fingerprint density at radius 3 is 2.48 bits per heavy atom. The second-order valence-corrected chi connectivity index (χ2v) is 6.35. The molecule has 0 bridgehead atoms. The summed E-state index contributed by atoms with van der Waals surface area (Å²) in [5.41, 5.74) is 0.642. The van der Waals surface area contributed by atoms with Crippen LogP contribution in [0.4, 0.5) is 0 Å². The predicted molar refractivity (Wildman–Crippen MR) is 82.9 cm³/mol. The molecule has 0 aliphatic carbocycles. The molecule has 2 rings (SSSR count). The monoisotopic (exact) mass is 336 g/mol. The highest BCUT2D eigenvalue weighted by molar-refractivity contribution is 7.89. The molecule has 0 fully saturated rings. The van der Waals surface area contributed by atoms with Gasteiger partial charge >= 0.3 is 0 Å². The third kappa shape index (κ3) is 4.47. The Morgan fingerprint density at radius 2 is 1.81 bits per heavy atom. The van der Waals surface area contributed by atoms with Gasteiger partial charge in [0.05, 0.1) is 4.90 Å². The van der Waals surface area contributed by atoms with E-state index in [1.54, 1.807) is 13.0 Å². The summed E-state index contributed by atoms with van der Waals surface area (Å²) < 4.78 is 37.5. The number of hydrogen-bond donors (Lipinski definition) is 2. The van der Waals surface area contributed by atoms with Gasteiger partial charge in [0.1, 0.15) is 0 Å². The van der Waals surface area contributed by atoms with Crippen molar-refractivity contribution < 1.29 is 17.9 Å². The maximum atomic E-state index is 12.3. The van der Waals surface area contributed by atoms with Gasteiger partial charge in [-0.25, -0.2) is 13.1 Å². The average molecular weight is 337 g/mol. The van der Waals surface area contributed by atoms with Crippen LogP contribution in [-0.2, 0) is 10.0 Å². The summed E-state index contributed by atoms with van der Waals surface area (Å²) in [5.74, 6) is 1.06. The highest BCUT2D eigenvalue weighted by atomic mass is 35.5. The summed E-state index contributed by atoms with van der Waals surface area (Å²) >= 11 is 0. The largest absolute Gasteiger partial charge is 0.454 e. The number of fused-ring (bicyclic) bond motifs is 1. The van der Waals surface area contributed by atoms with E-state index in [1.807, 2.05) is 0 Å². The van der Waals surface area contributed by atoms with Crippen LogP contribution in [0.5, 0.6) is 11.5 Å². The average Bonchev–Trinajstić information content (AvgIpc) is 2.84. The van der Waals surface area contributed by atoms with Crippen LogP contribution in [0.2, 0.25) is 0 Å². The van der Waals surface area contributed by atoms with Gasteiger partial charge < -0.3 is 14.8 Å². The van der Waals surface area contributed by atoms with Gasteiger partial charge in [-0.2, -0.15) is 0 Å². The molecule has 1 aromatic carbocycles. The lowest BCUT2D eigenvalue weighted by Crippen LogP contribution is -2.32. The fourth-order valence-electron chi connectivity index (χ4n) is 1.97. The minimum absolute atomic E-state index is 0. The smallest absolute Gasteiger partial charge is 0.241 e. The Morgan fingerprint density at radius 1 is 1.14 bits per heavy atom. The van der Waals surface area contributed by atoms with Crippen LogP contribution in [0.25, 0.3) is 0 Å². The molecule has 0 spiro atoms. The first kappa shape index (κ1) is 18.0. The second kappa shape index (κ2) is 7.84. The number of aryl methyl sites for hydroxylation is 1. The normalized spacial score (nSPS) is 13.0. The molecule has 8 heteroatoms. The number of nitrogens with one attached hydrogen (secondary N) is 2. The lowest BCUT2D eigenvalue weighted by atomic mass is 10.2. The van der Waals surface area contributed by atoms with Crippen molar-refractivity contribution >= 4 is 22.4 Å². The summed E-state index contributed by atoms with van der Waals surface area (Å²) in [6.07, 6.45) is 1.02. The molecule has 21 heavy (non-hydrogen) atoms. The van der Waals surface area contributed by atoms with E-state index in [0.29, 0.717) is 30.2 Å². The molecule has 1 heterocycles. The fraction of sp³-hybridized carbons (Fsp3) is 0.538. The lowest BCUT2D eigenvalue weighted by Gasteiger charge is -2.10. The molecule has 6 nitrogen and oxygen atoms in total. The molecular weight excluding hydrogens is 316 g/mol. The van der Waals surface area contributed by atoms with Crippen molar-refractivity contribution in [2.75, 3.05) is 26.4 Å². The van der Waals surface area contributed by atoms with Crippen molar-refractivity contribution in [1.82, 2.24) is 10.0 Å². The first-order chi connectivity index (χ1) is 9.54. The molecule has 0 amide bonds. The van der Waals surface area contributed by atoms with Gasteiger partial charge in [0.25, 0.3) is 0 Å². The summed E-state index contributed by atoms with van der Waals surface area (Å²) in [6.45, 7) is 5.78. The van der Waals surface area contributed by atoms with E-state index in [0.717, 1.165) is 13.0 Å². The maximum Gasteiger partial charge on any atom is 0.241 e. The Hall–Kier alpha value is -1.02. The van der Waals surface area contributed by atoms with E-state index < -0.39 is 10.0 Å². The Bertz CT molecular complexity index is 578. The number of benzene rings is 1. The predicted octanol–water partition coefficient (Wildman–Crippen LogP) is 1.42. The van der Waals surface area contributed by atoms with E-state index in [2.05, 4.69) is 17.0 Å². The molecule has 1 aliphatic rings. The SMILES string of the molecule is CCCNCCNS(=O)(=O)c1cc2c(cc1C)OCO2.Cl. The standard InChI is InChI=1S/C13H20N2O4S.ClH/c1-3-4-14-5-6-15-20(16,17)13-8-12-11(7-10(13)2)18-9-19-12;/h7-8,14-15H,3-6,9H2,1-2H3;1H. The van der Waals surface area contributed by atoms with Gasteiger partial charge in [-0.05, 0) is 31.5 Å². The molecule has 0 saturated heterocycles. The van der Waals surface area contributed by atoms with Gasteiger partial charge in [0.2, 0.25) is 16.8 Å². The van der Waals surface area contributed by atoms with Gasteiger partial charge in [-0.3, -0.25) is 0 Å². The summed E-state index contributed by atoms with van der Waals surface area (Å²) in [7, 11) is -3.53. The van der Waals surface area contributed by atoms with E-state index in [9.17, 15) is 8.42 Å². The summed E-state index contributed by atoms with van der Waals surface area (Å²) in [6, 6.07) is 3.20. The first-order valence-corrected chi connectivity index (χ1v) is 8.13. The van der Waals surface area contributed by atoms with E-state index in [1.165, 1.54) is 6.07 Å². The van der Waals surface area contributed by atoms with Crippen molar-refractivity contribution in [2.24, 2.45) is 0 Å². The van der Waals surface area contributed by atoms with Gasteiger partial charge in [-0.1, -0.05) is 6.92 Å². The summed E-state index contributed by atoms with van der Waals surface area (Å²) in [5, 5.41) is 3.14. The van der Waals surface area contributed by atoms with Gasteiger partial charge in [-0.15, -0.1) is 12.4 Å². The topological polar surface area (TPSA) is 76.7 Å². The quantitative estimate of drug-likeness (QED) is 0.736. The second-order valence-electron chi connectivity index (χ2n) is 4.62. The third-order valence-electron chi connectivity index (χ3n) is 2.98. The van der Waals surface area contributed by atoms with Crippen LogP contribution in [-0.4, -0.2) is 34.8 Å². The van der Waals surface area contributed by atoms with Crippen LogP contribution in [0.3, 0.4) is 0 Å². The highest BCUT2D eigenvalue weighted by Gasteiger charge is 2.22. The number of hydrogen-bond acceptors (Lipinski definition) is 5. The van der Waals surface area contributed by atoms with E-state index >= 15 is 0 Å². The number of halogens is 1. The van der Waals surface area contributed by atoms with Crippen LogP contribution in [0, 0.1) is 6.92 Å². The summed E-state index contributed by atoms with van der Waals surface area (Å²) in [4.78, 5) is 0.234. The minimum atomic E-state index is -3.53. The van der Waals surface area contributed by atoms with E-state index in [4.69, 9.17) is 9.47 Å². The highest BCUT2D eigenvalue weighted by Crippen LogP contribution is 2.35. The van der Waals surface area contributed by atoms with Gasteiger partial charge in [0, 0.05) is 19.2 Å². The molecule has 1 aromatic rings. The lowest BCUT2D eigenvalue weighted by molar-refractivity contribution is 0.174. The van der Waals surface area contributed by atoms with Crippen molar-refractivity contribution in [1.29, 1.82) is 0 Å². The van der Waals surface area contributed by atoms with Crippen LogP contribution in [0.15, 0.2) is 17.0 Å². The van der Waals surface area contributed by atoms with E-state index in [-0.39, 0.29) is 24.1 Å². The number of ether oxygens (including phenoxy) is 2. The van der Waals surface area contributed by atoms with Crippen molar-refractivity contribution in [3.05, 3.63) is 17.7 Å². The zero-order chi connectivity index (χ0) is 14.6. The molecule has 0 aromatic heterocycles. The van der Waals surface area contributed by atoms with Crippen LogP contribution >= 0.6 is 12.4 Å².